The molecule has 6 heteroatoms. The lowest BCUT2D eigenvalue weighted by Crippen LogP contribution is -2.32. The molecule has 1 amide bonds. The van der Waals surface area contributed by atoms with Crippen LogP contribution in [0, 0.1) is 5.92 Å². The molecular formula is C21H23ClN4O. The van der Waals surface area contributed by atoms with Gasteiger partial charge in [0.05, 0.1) is 6.54 Å². The summed E-state index contributed by atoms with van der Waals surface area (Å²) >= 11 is 5.96. The van der Waals surface area contributed by atoms with E-state index in [1.807, 2.05) is 17.0 Å². The number of carbonyl (C=O) groups is 1. The number of benzene rings is 1. The number of amides is 1. The Hall–Kier alpha value is -2.40. The molecule has 1 fully saturated rings. The quantitative estimate of drug-likeness (QED) is 0.602. The van der Waals surface area contributed by atoms with Gasteiger partial charge in [-0.3, -0.25) is 4.79 Å². The predicted molar refractivity (Wildman–Crippen MR) is 107 cm³/mol. The molecule has 1 saturated carbocycles. The molecule has 1 aromatic carbocycles. The van der Waals surface area contributed by atoms with E-state index in [-0.39, 0.29) is 5.91 Å². The van der Waals surface area contributed by atoms with Gasteiger partial charge in [-0.1, -0.05) is 18.5 Å². The SMILES string of the molecule is CCCN(Cc1nc2cccnc2n1CC1CC1)C(=O)c1ccc(Cl)cc1. The van der Waals surface area contributed by atoms with Crippen LogP contribution in [-0.4, -0.2) is 31.9 Å². The molecule has 3 aromatic rings. The van der Waals surface area contributed by atoms with Crippen molar-refractivity contribution in [2.75, 3.05) is 6.54 Å². The molecule has 2 aromatic heterocycles. The third-order valence-corrected chi connectivity index (χ3v) is 5.18. The first-order valence-corrected chi connectivity index (χ1v) is 9.88. The third kappa shape index (κ3) is 3.98. The highest BCUT2D eigenvalue weighted by Gasteiger charge is 2.26. The molecule has 27 heavy (non-hydrogen) atoms. The number of halogens is 1. The molecule has 4 rings (SSSR count). The van der Waals surface area contributed by atoms with Crippen molar-refractivity contribution in [3.8, 4) is 0 Å². The molecule has 0 saturated heterocycles. The maximum Gasteiger partial charge on any atom is 0.254 e. The summed E-state index contributed by atoms with van der Waals surface area (Å²) in [6, 6.07) is 11.0. The Kier molecular flexibility index (Phi) is 5.12. The molecule has 0 N–H and O–H groups in total. The Bertz CT molecular complexity index is 946. The minimum Gasteiger partial charge on any atom is -0.331 e. The lowest BCUT2D eigenvalue weighted by atomic mass is 10.2. The Labute approximate surface area is 164 Å². The highest BCUT2D eigenvalue weighted by atomic mass is 35.5. The average molecular weight is 383 g/mol. The summed E-state index contributed by atoms with van der Waals surface area (Å²) in [4.78, 5) is 24.2. The fourth-order valence-electron chi connectivity index (χ4n) is 3.34. The zero-order valence-electron chi connectivity index (χ0n) is 15.4. The van der Waals surface area contributed by atoms with E-state index in [2.05, 4.69) is 16.5 Å². The van der Waals surface area contributed by atoms with Gasteiger partial charge in [0.2, 0.25) is 0 Å². The maximum absolute atomic E-state index is 13.0. The van der Waals surface area contributed by atoms with Crippen LogP contribution in [0.5, 0.6) is 0 Å². The van der Waals surface area contributed by atoms with Gasteiger partial charge in [-0.2, -0.15) is 0 Å². The van der Waals surface area contributed by atoms with Crippen molar-refractivity contribution < 1.29 is 4.79 Å². The van der Waals surface area contributed by atoms with Gasteiger partial charge in [0.1, 0.15) is 11.3 Å². The number of aromatic nitrogens is 3. The fourth-order valence-corrected chi connectivity index (χ4v) is 3.47. The van der Waals surface area contributed by atoms with Gasteiger partial charge in [0.15, 0.2) is 5.65 Å². The normalized spacial score (nSPS) is 13.9. The van der Waals surface area contributed by atoms with Crippen LogP contribution in [0.4, 0.5) is 0 Å². The topological polar surface area (TPSA) is 51.0 Å². The van der Waals surface area contributed by atoms with Crippen molar-refractivity contribution in [2.24, 2.45) is 5.92 Å². The summed E-state index contributed by atoms with van der Waals surface area (Å²) < 4.78 is 2.20. The van der Waals surface area contributed by atoms with Gasteiger partial charge in [-0.25, -0.2) is 9.97 Å². The van der Waals surface area contributed by atoms with Crippen molar-refractivity contribution in [2.45, 2.75) is 39.3 Å². The number of carbonyl (C=O) groups excluding carboxylic acids is 1. The molecule has 0 spiro atoms. The molecule has 1 aliphatic carbocycles. The lowest BCUT2D eigenvalue weighted by molar-refractivity contribution is 0.0737. The largest absolute Gasteiger partial charge is 0.331 e. The fraction of sp³-hybridized carbons (Fsp3) is 0.381. The van der Waals surface area contributed by atoms with Crippen molar-refractivity contribution in [3.63, 3.8) is 0 Å². The van der Waals surface area contributed by atoms with Crippen molar-refractivity contribution in [3.05, 3.63) is 59.0 Å². The molecule has 1 aliphatic rings. The number of nitrogens with zero attached hydrogens (tertiary/aromatic N) is 4. The minimum atomic E-state index is 0.00602. The van der Waals surface area contributed by atoms with Crippen LogP contribution in [-0.2, 0) is 13.1 Å². The van der Waals surface area contributed by atoms with E-state index in [1.54, 1.807) is 30.5 Å². The second-order valence-electron chi connectivity index (χ2n) is 7.16. The van der Waals surface area contributed by atoms with Gasteiger partial charge in [0.25, 0.3) is 5.91 Å². The average Bonchev–Trinajstić information content (AvgIpc) is 3.43. The molecule has 140 valence electrons. The summed E-state index contributed by atoms with van der Waals surface area (Å²) in [6.45, 7) is 4.18. The molecule has 0 unspecified atom stereocenters. The Morgan fingerprint density at radius 1 is 1.26 bits per heavy atom. The molecular weight excluding hydrogens is 360 g/mol. The van der Waals surface area contributed by atoms with Gasteiger partial charge < -0.3 is 9.47 Å². The van der Waals surface area contributed by atoms with Crippen molar-refractivity contribution in [1.29, 1.82) is 0 Å². The Morgan fingerprint density at radius 2 is 2.04 bits per heavy atom. The lowest BCUT2D eigenvalue weighted by Gasteiger charge is -2.22. The van der Waals surface area contributed by atoms with E-state index in [9.17, 15) is 4.79 Å². The van der Waals surface area contributed by atoms with Gasteiger partial charge in [0, 0.05) is 29.9 Å². The first-order chi connectivity index (χ1) is 13.2. The van der Waals surface area contributed by atoms with Gasteiger partial charge in [-0.15, -0.1) is 0 Å². The summed E-state index contributed by atoms with van der Waals surface area (Å²) in [6.07, 6.45) is 5.21. The van der Waals surface area contributed by atoms with Gasteiger partial charge in [-0.05, 0) is 61.6 Å². The maximum atomic E-state index is 13.0. The second-order valence-corrected chi connectivity index (χ2v) is 7.60. The van der Waals surface area contributed by atoms with Crippen molar-refractivity contribution in [1.82, 2.24) is 19.4 Å². The number of pyridine rings is 1. The van der Waals surface area contributed by atoms with Crippen LogP contribution in [0.2, 0.25) is 5.02 Å². The Balaban J connectivity index is 1.64. The highest BCUT2D eigenvalue weighted by molar-refractivity contribution is 6.30. The smallest absolute Gasteiger partial charge is 0.254 e. The number of imidazole rings is 1. The van der Waals surface area contributed by atoms with Crippen LogP contribution in [0.25, 0.3) is 11.2 Å². The van der Waals surface area contributed by atoms with Crippen LogP contribution < -0.4 is 0 Å². The van der Waals surface area contributed by atoms with E-state index in [0.717, 1.165) is 30.0 Å². The standard InChI is InChI=1S/C21H23ClN4O/c1-2-12-25(21(27)16-7-9-17(22)10-8-16)14-19-24-18-4-3-11-23-20(18)26(19)13-15-5-6-15/h3-4,7-11,15H,2,5-6,12-14H2,1H3. The van der Waals surface area contributed by atoms with Crippen LogP contribution in [0.3, 0.4) is 0 Å². The van der Waals surface area contributed by atoms with E-state index in [4.69, 9.17) is 16.6 Å². The number of hydrogen-bond acceptors (Lipinski definition) is 3. The van der Waals surface area contributed by atoms with E-state index >= 15 is 0 Å². The third-order valence-electron chi connectivity index (χ3n) is 4.92. The molecule has 0 aliphatic heterocycles. The van der Waals surface area contributed by atoms with Gasteiger partial charge >= 0.3 is 0 Å². The summed E-state index contributed by atoms with van der Waals surface area (Å²) in [5.41, 5.74) is 2.45. The number of hydrogen-bond donors (Lipinski definition) is 0. The highest BCUT2D eigenvalue weighted by Crippen LogP contribution is 2.32. The minimum absolute atomic E-state index is 0.00602. The monoisotopic (exact) mass is 382 g/mol. The van der Waals surface area contributed by atoms with Crippen molar-refractivity contribution >= 4 is 28.7 Å². The van der Waals surface area contributed by atoms with E-state index in [0.29, 0.717) is 29.6 Å². The van der Waals surface area contributed by atoms with E-state index < -0.39 is 0 Å². The number of fused-ring (bicyclic) bond motifs is 1. The van der Waals surface area contributed by atoms with E-state index in [1.165, 1.54) is 12.8 Å². The zero-order chi connectivity index (χ0) is 18.8. The Morgan fingerprint density at radius 3 is 2.74 bits per heavy atom. The second kappa shape index (κ2) is 7.69. The van der Waals surface area contributed by atoms with Crippen LogP contribution >= 0.6 is 11.6 Å². The molecule has 5 nitrogen and oxygen atoms in total. The molecule has 0 radical (unpaired) electrons. The summed E-state index contributed by atoms with van der Waals surface area (Å²) in [5.74, 6) is 1.62. The van der Waals surface area contributed by atoms with Crippen LogP contribution in [0.15, 0.2) is 42.6 Å². The summed E-state index contributed by atoms with van der Waals surface area (Å²) in [5, 5.41) is 0.630. The molecule has 2 heterocycles. The summed E-state index contributed by atoms with van der Waals surface area (Å²) in [7, 11) is 0. The number of rotatable bonds is 7. The molecule has 0 bridgehead atoms. The van der Waals surface area contributed by atoms with Crippen LogP contribution in [0.1, 0.15) is 42.4 Å². The zero-order valence-corrected chi connectivity index (χ0v) is 16.2. The predicted octanol–water partition coefficient (Wildman–Crippen LogP) is 4.55. The molecule has 0 atom stereocenters. The first-order valence-electron chi connectivity index (χ1n) is 9.50. The first kappa shape index (κ1) is 18.0.